The summed E-state index contributed by atoms with van der Waals surface area (Å²) >= 11 is 0. The lowest BCUT2D eigenvalue weighted by Crippen LogP contribution is -1.96. The van der Waals surface area contributed by atoms with Crippen LogP contribution in [0.25, 0.3) is 0 Å². The zero-order valence-electron chi connectivity index (χ0n) is 4.88. The van der Waals surface area contributed by atoms with E-state index >= 15 is 0 Å². The van der Waals surface area contributed by atoms with Crippen LogP contribution in [-0.2, 0) is 14.3 Å². The standard InChI is InChI=1S/C5H8O3/c1-7-4-3(6)5(4)8-2/h4-5H,1-2H3. The Bertz CT molecular complexity index is 98.2. The van der Waals surface area contributed by atoms with Gasteiger partial charge < -0.3 is 9.47 Å². The Labute approximate surface area is 47.6 Å². The zero-order chi connectivity index (χ0) is 6.15. The second kappa shape index (κ2) is 1.84. The minimum absolute atomic E-state index is 0.0509. The Hall–Kier alpha value is -0.410. The average molecular weight is 116 g/mol. The van der Waals surface area contributed by atoms with E-state index in [-0.39, 0.29) is 18.0 Å². The van der Waals surface area contributed by atoms with Crippen LogP contribution in [-0.4, -0.2) is 32.2 Å². The van der Waals surface area contributed by atoms with Gasteiger partial charge in [-0.15, -0.1) is 0 Å². The monoisotopic (exact) mass is 116 g/mol. The van der Waals surface area contributed by atoms with Gasteiger partial charge in [0.2, 0.25) is 0 Å². The molecular formula is C5H8O3. The highest BCUT2D eigenvalue weighted by Crippen LogP contribution is 2.21. The predicted octanol–water partition coefficient (Wildman–Crippen LogP) is -0.401. The van der Waals surface area contributed by atoms with E-state index in [0.717, 1.165) is 0 Å². The van der Waals surface area contributed by atoms with Crippen molar-refractivity contribution >= 4 is 5.78 Å². The zero-order valence-corrected chi connectivity index (χ0v) is 4.88. The van der Waals surface area contributed by atoms with E-state index in [1.807, 2.05) is 0 Å². The number of ketones is 1. The molecule has 1 fully saturated rings. The smallest absolute Gasteiger partial charge is 0.196 e. The van der Waals surface area contributed by atoms with Gasteiger partial charge in [-0.05, 0) is 0 Å². The fraction of sp³-hybridized carbons (Fsp3) is 0.800. The first-order valence-corrected chi connectivity index (χ1v) is 2.40. The third-order valence-electron chi connectivity index (χ3n) is 1.23. The molecule has 0 heterocycles. The van der Waals surface area contributed by atoms with Crippen molar-refractivity contribution in [2.75, 3.05) is 14.2 Å². The Morgan fingerprint density at radius 3 is 1.75 bits per heavy atom. The maximum atomic E-state index is 10.4. The predicted molar refractivity (Wildman–Crippen MR) is 26.6 cm³/mol. The maximum Gasteiger partial charge on any atom is 0.196 e. The van der Waals surface area contributed by atoms with Crippen molar-refractivity contribution in [2.45, 2.75) is 12.2 Å². The molecule has 0 amide bonds. The molecule has 8 heavy (non-hydrogen) atoms. The van der Waals surface area contributed by atoms with E-state index in [1.165, 1.54) is 14.2 Å². The quantitative estimate of drug-likeness (QED) is 0.492. The third kappa shape index (κ3) is 0.638. The Morgan fingerprint density at radius 2 is 1.62 bits per heavy atom. The van der Waals surface area contributed by atoms with Gasteiger partial charge in [-0.25, -0.2) is 0 Å². The number of rotatable bonds is 2. The van der Waals surface area contributed by atoms with Crippen LogP contribution < -0.4 is 0 Å². The summed E-state index contributed by atoms with van der Waals surface area (Å²) in [5.41, 5.74) is 0. The van der Waals surface area contributed by atoms with Crippen molar-refractivity contribution in [3.63, 3.8) is 0 Å². The lowest BCUT2D eigenvalue weighted by Gasteiger charge is -1.87. The van der Waals surface area contributed by atoms with Crippen LogP contribution in [0, 0.1) is 0 Å². The fourth-order valence-electron chi connectivity index (χ4n) is 0.675. The van der Waals surface area contributed by atoms with Crippen molar-refractivity contribution in [1.82, 2.24) is 0 Å². The highest BCUT2D eigenvalue weighted by atomic mass is 16.6. The minimum Gasteiger partial charge on any atom is -0.370 e. The Morgan fingerprint density at radius 1 is 1.25 bits per heavy atom. The van der Waals surface area contributed by atoms with Crippen molar-refractivity contribution in [3.8, 4) is 0 Å². The van der Waals surface area contributed by atoms with E-state index < -0.39 is 0 Å². The van der Waals surface area contributed by atoms with Crippen LogP contribution in [0.5, 0.6) is 0 Å². The Balaban J connectivity index is 2.34. The van der Waals surface area contributed by atoms with E-state index in [0.29, 0.717) is 0 Å². The number of hydrogen-bond acceptors (Lipinski definition) is 3. The van der Waals surface area contributed by atoms with Crippen LogP contribution in [0.1, 0.15) is 0 Å². The largest absolute Gasteiger partial charge is 0.370 e. The second-order valence-electron chi connectivity index (χ2n) is 1.71. The van der Waals surface area contributed by atoms with Gasteiger partial charge in [0.05, 0.1) is 0 Å². The molecule has 3 heteroatoms. The van der Waals surface area contributed by atoms with Crippen molar-refractivity contribution < 1.29 is 14.3 Å². The number of carbonyl (C=O) groups is 1. The van der Waals surface area contributed by atoms with Crippen LogP contribution >= 0.6 is 0 Å². The minimum atomic E-state index is -0.278. The average Bonchev–Trinajstić information content (AvgIpc) is 2.40. The van der Waals surface area contributed by atoms with Crippen LogP contribution in [0.4, 0.5) is 0 Å². The number of Topliss-reactive ketones (excluding diaryl/α,β-unsaturated/α-hetero) is 1. The highest BCUT2D eigenvalue weighted by molar-refractivity contribution is 6.04. The molecule has 0 bridgehead atoms. The van der Waals surface area contributed by atoms with E-state index in [1.54, 1.807) is 0 Å². The van der Waals surface area contributed by atoms with Gasteiger partial charge in [0.1, 0.15) is 0 Å². The summed E-state index contributed by atoms with van der Waals surface area (Å²) < 4.78 is 9.40. The molecule has 0 aromatic carbocycles. The molecular weight excluding hydrogens is 108 g/mol. The van der Waals surface area contributed by atoms with Gasteiger partial charge in [0, 0.05) is 14.2 Å². The summed E-state index contributed by atoms with van der Waals surface area (Å²) in [6.07, 6.45) is -0.556. The maximum absolute atomic E-state index is 10.4. The van der Waals surface area contributed by atoms with Gasteiger partial charge in [0.25, 0.3) is 0 Å². The van der Waals surface area contributed by atoms with Gasteiger partial charge in [-0.2, -0.15) is 0 Å². The molecule has 0 radical (unpaired) electrons. The van der Waals surface area contributed by atoms with E-state index in [2.05, 4.69) is 0 Å². The van der Waals surface area contributed by atoms with Crippen molar-refractivity contribution in [2.24, 2.45) is 0 Å². The molecule has 1 saturated carbocycles. The van der Waals surface area contributed by atoms with Crippen molar-refractivity contribution in [3.05, 3.63) is 0 Å². The molecule has 0 N–H and O–H groups in total. The molecule has 1 aliphatic rings. The summed E-state index contributed by atoms with van der Waals surface area (Å²) in [5, 5.41) is 0. The van der Waals surface area contributed by atoms with Crippen LogP contribution in [0.2, 0.25) is 0 Å². The SMILES string of the molecule is COC1C(=O)C1OC. The normalized spacial score (nSPS) is 35.5. The van der Waals surface area contributed by atoms with Gasteiger partial charge in [0.15, 0.2) is 18.0 Å². The lowest BCUT2D eigenvalue weighted by atomic mass is 10.8. The fourth-order valence-corrected chi connectivity index (χ4v) is 0.675. The number of methoxy groups -OCH3 is 2. The topological polar surface area (TPSA) is 35.5 Å². The molecule has 0 saturated heterocycles. The lowest BCUT2D eigenvalue weighted by molar-refractivity contribution is -0.114. The molecule has 2 atom stereocenters. The molecule has 0 aromatic rings. The molecule has 1 rings (SSSR count). The third-order valence-corrected chi connectivity index (χ3v) is 1.23. The summed E-state index contributed by atoms with van der Waals surface area (Å²) in [7, 11) is 3.00. The summed E-state index contributed by atoms with van der Waals surface area (Å²) in [6, 6.07) is 0. The molecule has 0 aliphatic heterocycles. The highest BCUT2D eigenvalue weighted by Gasteiger charge is 2.50. The molecule has 46 valence electrons. The van der Waals surface area contributed by atoms with E-state index in [9.17, 15) is 4.79 Å². The molecule has 1 aliphatic carbocycles. The van der Waals surface area contributed by atoms with Gasteiger partial charge in [-0.1, -0.05) is 0 Å². The summed E-state index contributed by atoms with van der Waals surface area (Å²) in [5.74, 6) is 0.0509. The van der Waals surface area contributed by atoms with E-state index in [4.69, 9.17) is 9.47 Å². The molecule has 0 spiro atoms. The van der Waals surface area contributed by atoms with Crippen LogP contribution in [0.15, 0.2) is 0 Å². The summed E-state index contributed by atoms with van der Waals surface area (Å²) in [6.45, 7) is 0. The Kier molecular flexibility index (Phi) is 1.31. The number of ether oxygens (including phenoxy) is 2. The van der Waals surface area contributed by atoms with Gasteiger partial charge in [-0.3, -0.25) is 4.79 Å². The first kappa shape index (κ1) is 5.72. The van der Waals surface area contributed by atoms with Gasteiger partial charge >= 0.3 is 0 Å². The molecule has 3 nitrogen and oxygen atoms in total. The van der Waals surface area contributed by atoms with Crippen molar-refractivity contribution in [1.29, 1.82) is 0 Å². The first-order valence-electron chi connectivity index (χ1n) is 2.40. The van der Waals surface area contributed by atoms with Crippen LogP contribution in [0.3, 0.4) is 0 Å². The molecule has 2 unspecified atom stereocenters. The summed E-state index contributed by atoms with van der Waals surface area (Å²) in [4.78, 5) is 10.4. The second-order valence-corrected chi connectivity index (χ2v) is 1.71. The number of hydrogen-bond donors (Lipinski definition) is 0. The first-order chi connectivity index (χ1) is 3.81. The number of carbonyl (C=O) groups excluding carboxylic acids is 1. The molecule has 0 aromatic heterocycles.